The average Bonchev–Trinajstić information content (AvgIpc) is 2.80. The third-order valence-corrected chi connectivity index (χ3v) is 7.62. The summed E-state index contributed by atoms with van der Waals surface area (Å²) in [7, 11) is 3.52. The minimum atomic E-state index is -0.547. The Bertz CT molecular complexity index is 1310. The summed E-state index contributed by atoms with van der Waals surface area (Å²) in [6.45, 7) is 4.62. The van der Waals surface area contributed by atoms with E-state index in [-0.39, 0.29) is 33.8 Å². The van der Waals surface area contributed by atoms with E-state index in [1.54, 1.807) is 18.3 Å². The Morgan fingerprint density at radius 1 is 1.14 bits per heavy atom. The molecular weight excluding hydrogens is 447 g/mol. The Morgan fingerprint density at radius 3 is 2.49 bits per heavy atom. The molecule has 1 aromatic carbocycles. The fourth-order valence-corrected chi connectivity index (χ4v) is 5.86. The molecule has 184 valence electrons. The predicted octanol–water partition coefficient (Wildman–Crippen LogP) is 3.64. The van der Waals surface area contributed by atoms with Gasteiger partial charge >= 0.3 is 0 Å². The summed E-state index contributed by atoms with van der Waals surface area (Å²) in [5, 5.41) is 23.2. The quantitative estimate of drug-likeness (QED) is 0.591. The number of aromatic nitrogens is 4. The van der Waals surface area contributed by atoms with E-state index in [1.165, 1.54) is 43.0 Å². The van der Waals surface area contributed by atoms with Gasteiger partial charge in [0.25, 0.3) is 5.56 Å². The lowest BCUT2D eigenvalue weighted by Gasteiger charge is -2.55. The third-order valence-electron chi connectivity index (χ3n) is 7.62. The maximum Gasteiger partial charge on any atom is 0.251 e. The van der Waals surface area contributed by atoms with Crippen LogP contribution in [0.15, 0.2) is 41.5 Å². The summed E-state index contributed by atoms with van der Waals surface area (Å²) < 4.78 is 15.6. The van der Waals surface area contributed by atoms with E-state index in [0.29, 0.717) is 23.0 Å². The maximum absolute atomic E-state index is 14.4. The molecular formula is C26H31FN6O2. The van der Waals surface area contributed by atoms with Gasteiger partial charge in [0.1, 0.15) is 11.6 Å². The van der Waals surface area contributed by atoms with Crippen LogP contribution in [0.2, 0.25) is 0 Å². The highest BCUT2D eigenvalue weighted by Crippen LogP contribution is 2.41. The lowest BCUT2D eigenvalue weighted by atomic mass is 9.69. The van der Waals surface area contributed by atoms with Crippen LogP contribution in [-0.4, -0.2) is 49.0 Å². The highest BCUT2D eigenvalue weighted by Gasteiger charge is 2.46. The number of phenols is 1. The molecule has 2 aliphatic rings. The number of aryl methyl sites for hydroxylation is 1. The number of piperidine rings is 2. The molecule has 0 aliphatic carbocycles. The molecule has 3 atom stereocenters. The summed E-state index contributed by atoms with van der Waals surface area (Å²) in [6.07, 6.45) is 8.47. The molecule has 1 unspecified atom stereocenters. The number of hydrogen-bond donors (Lipinski definition) is 2. The number of halogens is 1. The number of nitrogens with zero attached hydrogens (tertiary/aromatic N) is 5. The van der Waals surface area contributed by atoms with Gasteiger partial charge in [0.15, 0.2) is 11.6 Å². The van der Waals surface area contributed by atoms with Gasteiger partial charge in [-0.15, -0.1) is 10.2 Å². The Balaban J connectivity index is 1.37. The van der Waals surface area contributed by atoms with Crippen molar-refractivity contribution in [3.8, 4) is 28.3 Å². The number of phenolic OH excluding ortho intramolecular Hbond substituents is 1. The zero-order valence-electron chi connectivity index (χ0n) is 20.5. The molecule has 35 heavy (non-hydrogen) atoms. The number of pyridine rings is 1. The summed E-state index contributed by atoms with van der Waals surface area (Å²) in [5.74, 6) is 0.299. The van der Waals surface area contributed by atoms with E-state index in [4.69, 9.17) is 0 Å². The van der Waals surface area contributed by atoms with Gasteiger partial charge in [0.05, 0.1) is 11.8 Å². The zero-order valence-corrected chi connectivity index (χ0v) is 20.5. The first kappa shape index (κ1) is 23.4. The van der Waals surface area contributed by atoms with Crippen molar-refractivity contribution in [3.05, 3.63) is 52.8 Å². The van der Waals surface area contributed by atoms with E-state index in [0.717, 1.165) is 19.0 Å². The number of hydrogen-bond acceptors (Lipinski definition) is 7. The first-order valence-electron chi connectivity index (χ1n) is 12.0. The fraction of sp³-hybridized carbons (Fsp3) is 0.462. The number of benzene rings is 1. The fourth-order valence-electron chi connectivity index (χ4n) is 5.86. The first-order valence-corrected chi connectivity index (χ1v) is 12.0. The second-order valence-electron chi connectivity index (χ2n) is 10.6. The zero-order chi connectivity index (χ0) is 25.0. The number of fused-ring (bicyclic) bond motifs is 2. The van der Waals surface area contributed by atoms with Crippen molar-refractivity contribution in [1.82, 2.24) is 25.1 Å². The van der Waals surface area contributed by atoms with Crippen LogP contribution in [0, 0.1) is 5.82 Å². The lowest BCUT2D eigenvalue weighted by molar-refractivity contribution is 0.0784. The van der Waals surface area contributed by atoms with Crippen LogP contribution in [0.25, 0.3) is 22.5 Å². The van der Waals surface area contributed by atoms with Crippen molar-refractivity contribution >= 4 is 5.82 Å². The second kappa shape index (κ2) is 8.41. The molecule has 5 rings (SSSR count). The van der Waals surface area contributed by atoms with Gasteiger partial charge in [-0.2, -0.15) is 0 Å². The molecule has 2 bridgehead atoms. The average molecular weight is 479 g/mol. The number of aromatic hydroxyl groups is 1. The van der Waals surface area contributed by atoms with Crippen molar-refractivity contribution in [3.63, 3.8) is 0 Å². The van der Waals surface area contributed by atoms with Gasteiger partial charge < -0.3 is 19.9 Å². The molecule has 4 heterocycles. The molecule has 8 nitrogen and oxygen atoms in total. The third kappa shape index (κ3) is 4.40. The molecule has 3 aromatic rings. The topological polar surface area (TPSA) is 96.2 Å². The second-order valence-corrected chi connectivity index (χ2v) is 10.6. The normalized spacial score (nSPS) is 25.9. The molecule has 2 aliphatic heterocycles. The minimum absolute atomic E-state index is 0.113. The number of rotatable bonds is 4. The minimum Gasteiger partial charge on any atom is -0.507 e. The van der Waals surface area contributed by atoms with Crippen LogP contribution in [0.3, 0.4) is 0 Å². The van der Waals surface area contributed by atoms with Gasteiger partial charge in [-0.1, -0.05) is 6.07 Å². The Labute approximate surface area is 203 Å². The van der Waals surface area contributed by atoms with E-state index in [1.807, 2.05) is 7.05 Å². The van der Waals surface area contributed by atoms with Gasteiger partial charge in [-0.05, 0) is 63.6 Å². The summed E-state index contributed by atoms with van der Waals surface area (Å²) in [4.78, 5) is 18.6. The van der Waals surface area contributed by atoms with Gasteiger partial charge in [0.2, 0.25) is 0 Å². The molecule has 0 radical (unpaired) electrons. The monoisotopic (exact) mass is 478 g/mol. The Hall–Kier alpha value is -3.33. The Kier molecular flexibility index (Phi) is 5.62. The molecule has 2 N–H and O–H groups in total. The summed E-state index contributed by atoms with van der Waals surface area (Å²) in [6, 6.07) is 6.19. The van der Waals surface area contributed by atoms with E-state index < -0.39 is 5.82 Å². The predicted molar refractivity (Wildman–Crippen MR) is 133 cm³/mol. The Morgan fingerprint density at radius 2 is 1.86 bits per heavy atom. The first-order chi connectivity index (χ1) is 16.6. The molecule has 0 saturated carbocycles. The molecule has 2 aromatic heterocycles. The van der Waals surface area contributed by atoms with E-state index in [2.05, 4.69) is 39.2 Å². The number of anilines is 1. The van der Waals surface area contributed by atoms with Crippen molar-refractivity contribution in [2.24, 2.45) is 7.05 Å². The summed E-state index contributed by atoms with van der Waals surface area (Å²) >= 11 is 0. The standard InChI is InChI=1S/C26H31FN6O2/c1-25-8-5-9-26(2,31-25)13-17(12-25)33(4)22-14-28-24(30-29-22)18-7-6-16(10-21(18)34)19-11-23(35)32(3)15-20(19)27/h6-7,10-11,14-15,17,31,34H,5,8-9,12-13H2,1-4H3/t17?,25-,26+. The van der Waals surface area contributed by atoms with Crippen molar-refractivity contribution in [2.75, 3.05) is 11.9 Å². The molecule has 2 fully saturated rings. The van der Waals surface area contributed by atoms with Crippen LogP contribution in [0.4, 0.5) is 10.2 Å². The summed E-state index contributed by atoms with van der Waals surface area (Å²) in [5.41, 5.74) is 0.820. The van der Waals surface area contributed by atoms with E-state index in [9.17, 15) is 14.3 Å². The highest BCUT2D eigenvalue weighted by atomic mass is 19.1. The molecule has 0 spiro atoms. The van der Waals surface area contributed by atoms with Gasteiger partial charge in [-0.25, -0.2) is 9.37 Å². The van der Waals surface area contributed by atoms with E-state index >= 15 is 0 Å². The van der Waals surface area contributed by atoms with Crippen molar-refractivity contribution < 1.29 is 9.50 Å². The number of nitrogens with one attached hydrogen (secondary N) is 1. The molecule has 2 saturated heterocycles. The molecule has 9 heteroatoms. The van der Waals surface area contributed by atoms with Crippen LogP contribution in [0.1, 0.15) is 46.0 Å². The van der Waals surface area contributed by atoms with Crippen LogP contribution >= 0.6 is 0 Å². The lowest BCUT2D eigenvalue weighted by Crippen LogP contribution is -2.66. The maximum atomic E-state index is 14.4. The molecule has 0 amide bonds. The van der Waals surface area contributed by atoms with Gasteiger partial charge in [-0.3, -0.25) is 4.79 Å². The van der Waals surface area contributed by atoms with Crippen LogP contribution in [0.5, 0.6) is 5.75 Å². The van der Waals surface area contributed by atoms with Gasteiger partial charge in [0, 0.05) is 49.0 Å². The highest BCUT2D eigenvalue weighted by molar-refractivity contribution is 5.73. The van der Waals surface area contributed by atoms with Crippen molar-refractivity contribution in [2.45, 2.75) is 63.1 Å². The van der Waals surface area contributed by atoms with Crippen LogP contribution < -0.4 is 15.8 Å². The largest absolute Gasteiger partial charge is 0.507 e. The SMILES string of the molecule is CN(c1cnc(-c2ccc(-c3cc(=O)n(C)cc3F)cc2O)nn1)C1C[C@]2(C)CCC[C@](C)(C1)N2. The smallest absolute Gasteiger partial charge is 0.251 e. The van der Waals surface area contributed by atoms with Crippen molar-refractivity contribution in [1.29, 1.82) is 0 Å². The van der Waals surface area contributed by atoms with Crippen LogP contribution in [-0.2, 0) is 7.05 Å².